The predicted molar refractivity (Wildman–Crippen MR) is 238 cm³/mol. The van der Waals surface area contributed by atoms with E-state index in [0.29, 0.717) is 22.6 Å². The molecular weight excluding hydrogens is 839 g/mol. The first-order chi connectivity index (χ1) is 30.6. The van der Waals surface area contributed by atoms with Crippen LogP contribution in [0.3, 0.4) is 0 Å². The minimum atomic E-state index is -0.925. The van der Waals surface area contributed by atoms with Crippen LogP contribution in [0.15, 0.2) is 72.2 Å². The number of aryl methyl sites for hydroxylation is 1. The highest BCUT2D eigenvalue weighted by atomic mass is 32.1. The highest BCUT2D eigenvalue weighted by molar-refractivity contribution is 7.13. The zero-order valence-electron chi connectivity index (χ0n) is 36.8. The van der Waals surface area contributed by atoms with Crippen molar-refractivity contribution in [3.8, 4) is 21.9 Å². The molecule has 16 nitrogen and oxygen atoms in total. The summed E-state index contributed by atoms with van der Waals surface area (Å²) in [6.45, 7) is 9.13. The average Bonchev–Trinajstić information content (AvgIpc) is 4.07. The first-order valence-corrected chi connectivity index (χ1v) is 22.3. The first kappa shape index (κ1) is 45.7. The molecule has 6 atom stereocenters. The van der Waals surface area contributed by atoms with Gasteiger partial charge in [0.05, 0.1) is 35.8 Å². The third-order valence-corrected chi connectivity index (χ3v) is 13.0. The molecule has 3 aliphatic rings. The molecule has 0 unspecified atom stereocenters. The molecule has 3 aromatic carbocycles. The maximum absolute atomic E-state index is 14.4. The SMILES string of the molecule is COc1ccc(CNC(=O)[C@@H]2C[C@@H](O)CN2C(=O)[C@H](C(C)C)N2Cc3ccc(O[C@@H]4C[C@@H](C(=O)NCc5ccc(-c6scnc6C)cc5)N(C(=O)[C@H](C)NC(C)=O)C4)cc3C2=O)cc1. The van der Waals surface area contributed by atoms with Crippen molar-refractivity contribution in [3.05, 3.63) is 100 Å². The van der Waals surface area contributed by atoms with Crippen LogP contribution in [0, 0.1) is 12.8 Å². The Kier molecular flexibility index (Phi) is 14.0. The monoisotopic (exact) mass is 893 g/mol. The van der Waals surface area contributed by atoms with Gasteiger partial charge in [-0.05, 0) is 66.3 Å². The number of thiazole rings is 1. The number of fused-ring (bicyclic) bond motifs is 1. The van der Waals surface area contributed by atoms with Gasteiger partial charge < -0.3 is 45.2 Å². The Morgan fingerprint density at radius 2 is 1.45 bits per heavy atom. The van der Waals surface area contributed by atoms with E-state index in [1.165, 1.54) is 21.6 Å². The van der Waals surface area contributed by atoms with Crippen LogP contribution in [-0.2, 0) is 43.6 Å². The zero-order valence-corrected chi connectivity index (χ0v) is 37.6. The molecule has 338 valence electrons. The number of benzene rings is 3. The normalized spacial score (nSPS) is 20.2. The molecule has 4 heterocycles. The number of β-amino-alcohol motifs (C(OH)–C–C–N with tert-alkyl or cyclic N) is 1. The second kappa shape index (κ2) is 19.6. The van der Waals surface area contributed by atoms with E-state index >= 15 is 0 Å². The summed E-state index contributed by atoms with van der Waals surface area (Å²) in [4.78, 5) is 91.1. The summed E-state index contributed by atoms with van der Waals surface area (Å²) in [6, 6.07) is 16.6. The van der Waals surface area contributed by atoms with Gasteiger partial charge in [-0.2, -0.15) is 0 Å². The Hall–Kier alpha value is -6.33. The molecule has 3 aliphatic heterocycles. The minimum absolute atomic E-state index is 0.0416. The summed E-state index contributed by atoms with van der Waals surface area (Å²) >= 11 is 1.56. The van der Waals surface area contributed by atoms with E-state index in [4.69, 9.17) is 9.47 Å². The predicted octanol–water partition coefficient (Wildman–Crippen LogP) is 3.58. The topological polar surface area (TPSA) is 200 Å². The summed E-state index contributed by atoms with van der Waals surface area (Å²) in [7, 11) is 1.57. The molecule has 4 N–H and O–H groups in total. The Morgan fingerprint density at radius 3 is 2.05 bits per heavy atom. The Bertz CT molecular complexity index is 2390. The number of carbonyl (C=O) groups is 6. The van der Waals surface area contributed by atoms with Crippen LogP contribution >= 0.6 is 11.3 Å². The molecule has 0 spiro atoms. The van der Waals surface area contributed by atoms with Crippen molar-refractivity contribution in [3.63, 3.8) is 0 Å². The number of nitrogens with one attached hydrogen (secondary N) is 3. The molecule has 7 rings (SSSR count). The van der Waals surface area contributed by atoms with Crippen molar-refractivity contribution in [1.29, 1.82) is 0 Å². The summed E-state index contributed by atoms with van der Waals surface area (Å²) < 4.78 is 11.6. The van der Waals surface area contributed by atoms with Crippen LogP contribution in [0.2, 0.25) is 0 Å². The number of nitrogens with zero attached hydrogens (tertiary/aromatic N) is 4. The van der Waals surface area contributed by atoms with Gasteiger partial charge in [0.2, 0.25) is 29.5 Å². The van der Waals surface area contributed by atoms with E-state index in [9.17, 15) is 33.9 Å². The molecule has 4 aromatic rings. The van der Waals surface area contributed by atoms with E-state index in [0.717, 1.165) is 27.3 Å². The number of methoxy groups -OCH3 is 1. The van der Waals surface area contributed by atoms with Gasteiger partial charge in [-0.1, -0.05) is 56.3 Å². The molecule has 6 amide bonds. The molecule has 0 aliphatic carbocycles. The van der Waals surface area contributed by atoms with Crippen molar-refractivity contribution in [2.75, 3.05) is 20.2 Å². The van der Waals surface area contributed by atoms with Crippen LogP contribution in [0.1, 0.15) is 73.3 Å². The lowest BCUT2D eigenvalue weighted by molar-refractivity contribution is -0.143. The van der Waals surface area contributed by atoms with Crippen LogP contribution < -0.4 is 25.4 Å². The number of aromatic nitrogens is 1. The van der Waals surface area contributed by atoms with Gasteiger partial charge in [0.25, 0.3) is 5.91 Å². The summed E-state index contributed by atoms with van der Waals surface area (Å²) in [6.07, 6.45) is -1.31. The lowest BCUT2D eigenvalue weighted by atomic mass is 10.0. The maximum atomic E-state index is 14.4. The second-order valence-corrected chi connectivity index (χ2v) is 17.8. The van der Waals surface area contributed by atoms with E-state index in [2.05, 4.69) is 20.9 Å². The van der Waals surface area contributed by atoms with Gasteiger partial charge >= 0.3 is 0 Å². The minimum Gasteiger partial charge on any atom is -0.497 e. The lowest BCUT2D eigenvalue weighted by Crippen LogP contribution is -2.55. The number of aliphatic hydroxyl groups excluding tert-OH is 1. The van der Waals surface area contributed by atoms with Gasteiger partial charge in [0.15, 0.2) is 0 Å². The fourth-order valence-corrected chi connectivity index (χ4v) is 9.56. The van der Waals surface area contributed by atoms with Crippen LogP contribution in [0.4, 0.5) is 0 Å². The van der Waals surface area contributed by atoms with Gasteiger partial charge in [-0.25, -0.2) is 4.98 Å². The van der Waals surface area contributed by atoms with Crippen molar-refractivity contribution in [1.82, 2.24) is 35.6 Å². The van der Waals surface area contributed by atoms with E-state index < -0.39 is 54.1 Å². The standard InChI is InChI=1S/C47H55N7O9S/c1-26(2)41(47(61)52-23-34(56)17-39(52)43(57)48-21-31-9-14-35(62-6)15-10-31)54-22-33-13-16-36(18-38(33)46(54)60)63-37-19-40(53(24-37)45(59)28(4)51-29(5)55)44(58)49-20-30-7-11-32(12-8-30)42-27(3)50-25-64-42/h7-16,18,25-26,28,34,37,39-41,56H,17,19-24H2,1-6H3,(H,48,57)(H,49,58)(H,51,55)/t28-,34+,37+,39-,40-,41-/m0/s1. The van der Waals surface area contributed by atoms with Crippen molar-refractivity contribution in [2.45, 2.75) is 103 Å². The number of carbonyl (C=O) groups excluding carboxylic acids is 6. The number of likely N-dealkylation sites (tertiary alicyclic amines) is 2. The highest BCUT2D eigenvalue weighted by Crippen LogP contribution is 2.34. The first-order valence-electron chi connectivity index (χ1n) is 21.5. The quantitative estimate of drug-likeness (QED) is 0.137. The molecule has 0 bridgehead atoms. The molecular formula is C47H55N7O9S. The smallest absolute Gasteiger partial charge is 0.255 e. The third-order valence-electron chi connectivity index (χ3n) is 12.0. The van der Waals surface area contributed by atoms with Gasteiger partial charge in [0.1, 0.15) is 41.8 Å². The third kappa shape index (κ3) is 10.0. The number of hydrogen-bond donors (Lipinski definition) is 4. The molecule has 2 fully saturated rings. The summed E-state index contributed by atoms with van der Waals surface area (Å²) in [5.41, 5.74) is 6.53. The lowest BCUT2D eigenvalue weighted by Gasteiger charge is -2.35. The molecule has 17 heteroatoms. The summed E-state index contributed by atoms with van der Waals surface area (Å²) in [5.74, 6) is -1.69. The van der Waals surface area contributed by atoms with E-state index in [1.807, 2.05) is 57.2 Å². The number of amides is 6. The maximum Gasteiger partial charge on any atom is 0.255 e. The molecule has 0 radical (unpaired) electrons. The zero-order chi connectivity index (χ0) is 45.8. The molecule has 64 heavy (non-hydrogen) atoms. The summed E-state index contributed by atoms with van der Waals surface area (Å²) in [5, 5.41) is 19.1. The molecule has 1 aromatic heterocycles. The van der Waals surface area contributed by atoms with Crippen LogP contribution in [0.5, 0.6) is 11.5 Å². The Balaban J connectivity index is 1.01. The fraction of sp³-hybridized carbons (Fsp3) is 0.426. The number of aliphatic hydroxyl groups is 1. The van der Waals surface area contributed by atoms with E-state index in [-0.39, 0.29) is 69.2 Å². The van der Waals surface area contributed by atoms with Crippen molar-refractivity contribution < 1.29 is 43.3 Å². The number of hydrogen-bond acceptors (Lipinski definition) is 11. The van der Waals surface area contributed by atoms with E-state index in [1.54, 1.807) is 61.2 Å². The highest BCUT2D eigenvalue weighted by Gasteiger charge is 2.46. The van der Waals surface area contributed by atoms with Crippen LogP contribution in [0.25, 0.3) is 10.4 Å². The van der Waals surface area contributed by atoms with Gasteiger partial charge in [-0.3, -0.25) is 28.8 Å². The van der Waals surface area contributed by atoms with Gasteiger partial charge in [-0.15, -0.1) is 11.3 Å². The largest absolute Gasteiger partial charge is 0.497 e. The van der Waals surface area contributed by atoms with Gasteiger partial charge in [0, 0.05) is 51.5 Å². The Morgan fingerprint density at radius 1 is 0.844 bits per heavy atom. The molecule has 2 saturated heterocycles. The second-order valence-electron chi connectivity index (χ2n) is 17.0. The average molecular weight is 894 g/mol. The fourth-order valence-electron chi connectivity index (χ4n) is 8.75. The van der Waals surface area contributed by atoms with Crippen molar-refractivity contribution >= 4 is 46.8 Å². The number of rotatable bonds is 15. The van der Waals surface area contributed by atoms with Crippen LogP contribution in [-0.4, -0.2) is 117 Å². The Labute approximate surface area is 376 Å². The van der Waals surface area contributed by atoms with Crippen molar-refractivity contribution in [2.24, 2.45) is 5.92 Å². The number of ether oxygens (including phenoxy) is 2. The molecule has 0 saturated carbocycles.